The Morgan fingerprint density at radius 2 is 1.47 bits per heavy atom. The van der Waals surface area contributed by atoms with E-state index in [1.807, 2.05) is 0 Å². The SMILES string of the molecule is O=C(c1ccccc1C(F)(F)F)N1CCC(CNc2ccc(-c3ccccc3C(F)(F)F)cn2)CC1. The molecule has 1 fully saturated rings. The number of hydrogen-bond acceptors (Lipinski definition) is 3. The van der Waals surface area contributed by atoms with Crippen LogP contribution in [0.25, 0.3) is 11.1 Å². The number of aromatic nitrogens is 1. The molecule has 0 saturated carbocycles. The van der Waals surface area contributed by atoms with Crippen LogP contribution in [0.2, 0.25) is 0 Å². The summed E-state index contributed by atoms with van der Waals surface area (Å²) in [4.78, 5) is 18.4. The molecule has 1 aliphatic heterocycles. The van der Waals surface area contributed by atoms with Gasteiger partial charge in [-0.15, -0.1) is 0 Å². The van der Waals surface area contributed by atoms with Crippen LogP contribution in [0, 0.1) is 5.92 Å². The van der Waals surface area contributed by atoms with Crippen LogP contribution < -0.4 is 5.32 Å². The van der Waals surface area contributed by atoms with Crippen molar-refractivity contribution >= 4 is 11.7 Å². The Balaban J connectivity index is 1.33. The molecule has 1 N–H and O–H groups in total. The van der Waals surface area contributed by atoms with E-state index in [1.165, 1.54) is 47.5 Å². The highest BCUT2D eigenvalue weighted by Gasteiger charge is 2.36. The van der Waals surface area contributed by atoms with Crippen LogP contribution in [0.3, 0.4) is 0 Å². The average molecular weight is 507 g/mol. The number of hydrogen-bond donors (Lipinski definition) is 1. The predicted molar refractivity (Wildman–Crippen MR) is 123 cm³/mol. The molecule has 0 spiro atoms. The summed E-state index contributed by atoms with van der Waals surface area (Å²) in [7, 11) is 0. The molecule has 1 aromatic heterocycles. The molecular formula is C26H23F6N3O. The molecule has 4 rings (SSSR count). The van der Waals surface area contributed by atoms with Gasteiger partial charge in [0.15, 0.2) is 0 Å². The lowest BCUT2D eigenvalue weighted by Crippen LogP contribution is -2.40. The van der Waals surface area contributed by atoms with Crippen molar-refractivity contribution in [2.24, 2.45) is 5.92 Å². The first-order valence-electron chi connectivity index (χ1n) is 11.4. The van der Waals surface area contributed by atoms with Gasteiger partial charge in [0.25, 0.3) is 5.91 Å². The second-order valence-corrected chi connectivity index (χ2v) is 8.64. The summed E-state index contributed by atoms with van der Waals surface area (Å²) in [5.74, 6) is 0.0333. The van der Waals surface area contributed by atoms with Gasteiger partial charge in [0.1, 0.15) is 5.82 Å². The highest BCUT2D eigenvalue weighted by molar-refractivity contribution is 5.96. The molecular weight excluding hydrogens is 484 g/mol. The van der Waals surface area contributed by atoms with Crippen molar-refractivity contribution in [1.82, 2.24) is 9.88 Å². The van der Waals surface area contributed by atoms with Gasteiger partial charge in [-0.05, 0) is 54.7 Å². The predicted octanol–water partition coefficient (Wildman–Crippen LogP) is 6.75. The third kappa shape index (κ3) is 5.80. The fourth-order valence-electron chi connectivity index (χ4n) is 4.32. The molecule has 0 unspecified atom stereocenters. The molecule has 190 valence electrons. The standard InChI is InChI=1S/C26H23F6N3O/c27-25(28,29)21-7-3-1-5-19(21)18-9-10-23(34-16-18)33-15-17-11-13-35(14-12-17)24(36)20-6-2-4-8-22(20)26(30,31)32/h1-10,16-17H,11-15H2,(H,33,34). The topological polar surface area (TPSA) is 45.2 Å². The number of piperidine rings is 1. The van der Waals surface area contributed by atoms with E-state index >= 15 is 0 Å². The molecule has 0 atom stereocenters. The Labute approximate surface area is 204 Å². The smallest absolute Gasteiger partial charge is 0.370 e. The minimum Gasteiger partial charge on any atom is -0.370 e. The van der Waals surface area contributed by atoms with E-state index in [1.54, 1.807) is 12.1 Å². The van der Waals surface area contributed by atoms with E-state index in [0.717, 1.165) is 12.1 Å². The second-order valence-electron chi connectivity index (χ2n) is 8.64. The Morgan fingerprint density at radius 1 is 0.861 bits per heavy atom. The molecule has 1 saturated heterocycles. The van der Waals surface area contributed by atoms with E-state index in [4.69, 9.17) is 0 Å². The first kappa shape index (κ1) is 25.5. The summed E-state index contributed by atoms with van der Waals surface area (Å²) >= 11 is 0. The first-order valence-corrected chi connectivity index (χ1v) is 11.4. The fourth-order valence-corrected chi connectivity index (χ4v) is 4.32. The fraction of sp³-hybridized carbons (Fsp3) is 0.308. The molecule has 1 aliphatic rings. The maximum atomic E-state index is 13.3. The maximum absolute atomic E-state index is 13.3. The summed E-state index contributed by atoms with van der Waals surface area (Å²) in [6.07, 6.45) is -6.50. The summed E-state index contributed by atoms with van der Waals surface area (Å²) < 4.78 is 79.6. The van der Waals surface area contributed by atoms with Crippen LogP contribution in [0.15, 0.2) is 66.9 Å². The third-order valence-electron chi connectivity index (χ3n) is 6.24. The van der Waals surface area contributed by atoms with Crippen molar-refractivity contribution in [2.45, 2.75) is 25.2 Å². The number of benzene rings is 2. The van der Waals surface area contributed by atoms with Gasteiger partial charge in [-0.1, -0.05) is 30.3 Å². The quantitative estimate of drug-likeness (QED) is 0.389. The molecule has 0 radical (unpaired) electrons. The number of rotatable bonds is 5. The van der Waals surface area contributed by atoms with Crippen molar-refractivity contribution in [3.8, 4) is 11.1 Å². The van der Waals surface area contributed by atoms with Crippen LogP contribution in [-0.4, -0.2) is 35.4 Å². The molecule has 0 aliphatic carbocycles. The highest BCUT2D eigenvalue weighted by Crippen LogP contribution is 2.37. The minimum atomic E-state index is -4.61. The largest absolute Gasteiger partial charge is 0.417 e. The first-order chi connectivity index (χ1) is 17.0. The van der Waals surface area contributed by atoms with Crippen molar-refractivity contribution < 1.29 is 31.1 Å². The van der Waals surface area contributed by atoms with Gasteiger partial charge in [0, 0.05) is 31.4 Å². The van der Waals surface area contributed by atoms with E-state index in [0.29, 0.717) is 43.9 Å². The van der Waals surface area contributed by atoms with E-state index in [2.05, 4.69) is 10.3 Å². The van der Waals surface area contributed by atoms with Gasteiger partial charge in [0.05, 0.1) is 16.7 Å². The summed E-state index contributed by atoms with van der Waals surface area (Å²) in [5, 5.41) is 3.16. The number of likely N-dealkylation sites (tertiary alicyclic amines) is 1. The molecule has 1 amide bonds. The van der Waals surface area contributed by atoms with E-state index < -0.39 is 29.4 Å². The van der Waals surface area contributed by atoms with Crippen molar-refractivity contribution in [3.05, 3.63) is 83.6 Å². The third-order valence-corrected chi connectivity index (χ3v) is 6.24. The number of alkyl halides is 6. The number of halogens is 6. The Morgan fingerprint density at radius 3 is 2.08 bits per heavy atom. The van der Waals surface area contributed by atoms with E-state index in [9.17, 15) is 31.1 Å². The molecule has 0 bridgehead atoms. The number of pyridine rings is 1. The number of anilines is 1. The van der Waals surface area contributed by atoms with Crippen LogP contribution in [0.5, 0.6) is 0 Å². The highest BCUT2D eigenvalue weighted by atomic mass is 19.4. The van der Waals surface area contributed by atoms with Gasteiger partial charge in [0.2, 0.25) is 0 Å². The minimum absolute atomic E-state index is 0.0492. The zero-order chi connectivity index (χ0) is 25.9. The molecule has 3 aromatic rings. The normalized spacial score (nSPS) is 15.1. The van der Waals surface area contributed by atoms with Gasteiger partial charge in [-0.3, -0.25) is 4.79 Å². The number of nitrogens with one attached hydrogen (secondary N) is 1. The van der Waals surface area contributed by atoms with Gasteiger partial charge < -0.3 is 10.2 Å². The van der Waals surface area contributed by atoms with E-state index in [-0.39, 0.29) is 17.0 Å². The Hall–Kier alpha value is -3.56. The van der Waals surface area contributed by atoms with Crippen LogP contribution >= 0.6 is 0 Å². The van der Waals surface area contributed by atoms with Crippen molar-refractivity contribution in [3.63, 3.8) is 0 Å². The maximum Gasteiger partial charge on any atom is 0.417 e. The van der Waals surface area contributed by atoms with Crippen molar-refractivity contribution in [1.29, 1.82) is 0 Å². The van der Waals surface area contributed by atoms with Crippen LogP contribution in [0.1, 0.15) is 34.3 Å². The molecule has 2 heterocycles. The Bertz CT molecular complexity index is 1200. The number of carbonyl (C=O) groups excluding carboxylic acids is 1. The number of carbonyl (C=O) groups is 1. The lowest BCUT2D eigenvalue weighted by atomic mass is 9.95. The van der Waals surface area contributed by atoms with Crippen LogP contribution in [-0.2, 0) is 12.4 Å². The molecule has 2 aromatic carbocycles. The lowest BCUT2D eigenvalue weighted by molar-refractivity contribution is -0.138. The zero-order valence-corrected chi connectivity index (χ0v) is 19.0. The summed E-state index contributed by atoms with van der Waals surface area (Å²) in [6, 6.07) is 13.3. The summed E-state index contributed by atoms with van der Waals surface area (Å²) in [6.45, 7) is 1.18. The second kappa shape index (κ2) is 10.2. The number of nitrogens with zero attached hydrogens (tertiary/aromatic N) is 2. The van der Waals surface area contributed by atoms with Gasteiger partial charge in [-0.25, -0.2) is 4.98 Å². The summed E-state index contributed by atoms with van der Waals surface area (Å²) in [5.41, 5.74) is -1.62. The van der Waals surface area contributed by atoms with Crippen molar-refractivity contribution in [2.75, 3.05) is 25.0 Å². The van der Waals surface area contributed by atoms with Crippen LogP contribution in [0.4, 0.5) is 32.2 Å². The monoisotopic (exact) mass is 507 g/mol. The average Bonchev–Trinajstić information content (AvgIpc) is 2.87. The number of amides is 1. The molecule has 36 heavy (non-hydrogen) atoms. The lowest BCUT2D eigenvalue weighted by Gasteiger charge is -2.32. The van der Waals surface area contributed by atoms with Gasteiger partial charge >= 0.3 is 12.4 Å². The van der Waals surface area contributed by atoms with Gasteiger partial charge in [-0.2, -0.15) is 26.3 Å². The Kier molecular flexibility index (Phi) is 7.23. The molecule has 4 nitrogen and oxygen atoms in total. The zero-order valence-electron chi connectivity index (χ0n) is 19.0. The molecule has 10 heteroatoms.